The molecule has 2 amide bonds. The lowest BCUT2D eigenvalue weighted by Gasteiger charge is -2.32. The van der Waals surface area contributed by atoms with Gasteiger partial charge in [0.05, 0.1) is 11.1 Å². The molecule has 5 rings (SSSR count). The van der Waals surface area contributed by atoms with Gasteiger partial charge in [-0.25, -0.2) is 4.98 Å². The highest BCUT2D eigenvalue weighted by molar-refractivity contribution is 7.07. The third-order valence-electron chi connectivity index (χ3n) is 5.86. The van der Waals surface area contributed by atoms with Crippen molar-refractivity contribution in [3.63, 3.8) is 0 Å². The summed E-state index contributed by atoms with van der Waals surface area (Å²) in [6.45, 7) is 3.28. The number of piperidine rings is 1. The highest BCUT2D eigenvalue weighted by Gasteiger charge is 2.36. The summed E-state index contributed by atoms with van der Waals surface area (Å²) in [5, 5.41) is 4.33. The fourth-order valence-electron chi connectivity index (χ4n) is 4.31. The Kier molecular flexibility index (Phi) is 4.77. The first-order chi connectivity index (χ1) is 14.2. The molecular weight excluding hydrogens is 384 g/mol. The van der Waals surface area contributed by atoms with Crippen molar-refractivity contribution in [2.75, 3.05) is 13.1 Å². The maximum Gasteiger partial charge on any atom is 0.263 e. The van der Waals surface area contributed by atoms with Crippen LogP contribution in [0.5, 0.6) is 0 Å². The molecule has 0 aliphatic carbocycles. The third-order valence-corrected chi connectivity index (χ3v) is 6.59. The molecule has 29 heavy (non-hydrogen) atoms. The van der Waals surface area contributed by atoms with E-state index in [1.807, 2.05) is 10.8 Å². The van der Waals surface area contributed by atoms with E-state index in [1.165, 1.54) is 10.5 Å². The molecule has 2 aliphatic rings. The second-order valence-corrected chi connectivity index (χ2v) is 8.44. The van der Waals surface area contributed by atoms with Gasteiger partial charge in [0.2, 0.25) is 0 Å². The molecule has 0 saturated carbocycles. The number of hydrogen-bond donors (Lipinski definition) is 0. The minimum absolute atomic E-state index is 0.219. The van der Waals surface area contributed by atoms with E-state index in [4.69, 9.17) is 0 Å². The van der Waals surface area contributed by atoms with E-state index >= 15 is 0 Å². The number of aromatic nitrogens is 2. The van der Waals surface area contributed by atoms with Crippen LogP contribution in [0.1, 0.15) is 50.9 Å². The molecule has 6 nitrogen and oxygen atoms in total. The van der Waals surface area contributed by atoms with Crippen molar-refractivity contribution in [2.24, 2.45) is 0 Å². The number of carbonyl (C=O) groups is 2. The van der Waals surface area contributed by atoms with Gasteiger partial charge in [-0.15, -0.1) is 0 Å². The fourth-order valence-corrected chi connectivity index (χ4v) is 4.97. The number of thiophene rings is 1. The van der Waals surface area contributed by atoms with Crippen molar-refractivity contribution in [2.45, 2.75) is 32.0 Å². The van der Waals surface area contributed by atoms with Crippen molar-refractivity contribution in [3.05, 3.63) is 76.0 Å². The van der Waals surface area contributed by atoms with Gasteiger partial charge in [-0.05, 0) is 60.5 Å². The average molecular weight is 407 g/mol. The minimum Gasteiger partial charge on any atom is -0.316 e. The van der Waals surface area contributed by atoms with E-state index in [0.717, 1.165) is 38.3 Å². The minimum atomic E-state index is -0.226. The van der Waals surface area contributed by atoms with Gasteiger partial charge in [-0.3, -0.25) is 19.4 Å². The summed E-state index contributed by atoms with van der Waals surface area (Å²) in [4.78, 5) is 33.7. The summed E-state index contributed by atoms with van der Waals surface area (Å²) in [7, 11) is 0. The number of imidazole rings is 1. The molecular formula is C22H22N4O2S. The van der Waals surface area contributed by atoms with E-state index < -0.39 is 0 Å². The maximum atomic E-state index is 12.7. The average Bonchev–Trinajstić information content (AvgIpc) is 3.47. The monoisotopic (exact) mass is 406 g/mol. The summed E-state index contributed by atoms with van der Waals surface area (Å²) < 4.78 is 1.96. The standard InChI is InChI=1S/C22H22N4O2S/c27-21-18-3-1-2-4-19(18)22(28)26(21)15-25-11-8-23-20(25)17-5-9-24(10-6-17)13-16-7-12-29-14-16/h1-4,7-8,11-12,14,17H,5-6,9-10,13,15H2. The van der Waals surface area contributed by atoms with Crippen molar-refractivity contribution >= 4 is 23.2 Å². The fraction of sp³-hybridized carbons (Fsp3) is 0.318. The lowest BCUT2D eigenvalue weighted by molar-refractivity contribution is 0.0602. The largest absolute Gasteiger partial charge is 0.316 e. The molecule has 0 radical (unpaired) electrons. The van der Waals surface area contributed by atoms with E-state index in [0.29, 0.717) is 17.0 Å². The molecule has 2 aromatic heterocycles. The summed E-state index contributed by atoms with van der Waals surface area (Å²) in [5.41, 5.74) is 2.35. The van der Waals surface area contributed by atoms with Crippen LogP contribution < -0.4 is 0 Å². The smallest absolute Gasteiger partial charge is 0.263 e. The quantitative estimate of drug-likeness (QED) is 0.608. The van der Waals surface area contributed by atoms with Crippen LogP contribution in [-0.4, -0.2) is 44.3 Å². The van der Waals surface area contributed by atoms with E-state index in [-0.39, 0.29) is 18.5 Å². The number of amides is 2. The lowest BCUT2D eigenvalue weighted by Crippen LogP contribution is -2.35. The first kappa shape index (κ1) is 18.3. The number of imide groups is 1. The van der Waals surface area contributed by atoms with Gasteiger partial charge < -0.3 is 4.57 Å². The molecule has 0 N–H and O–H groups in total. The number of nitrogens with zero attached hydrogens (tertiary/aromatic N) is 4. The van der Waals surface area contributed by atoms with E-state index in [2.05, 4.69) is 26.7 Å². The van der Waals surface area contributed by atoms with Crippen LogP contribution >= 0.6 is 11.3 Å². The normalized spacial score (nSPS) is 17.9. The molecule has 0 atom stereocenters. The zero-order valence-corrected chi connectivity index (χ0v) is 16.8. The van der Waals surface area contributed by atoms with Crippen molar-refractivity contribution < 1.29 is 9.59 Å². The van der Waals surface area contributed by atoms with E-state index in [9.17, 15) is 9.59 Å². The van der Waals surface area contributed by atoms with Crippen LogP contribution in [0.4, 0.5) is 0 Å². The lowest BCUT2D eigenvalue weighted by atomic mass is 9.95. The van der Waals surface area contributed by atoms with Gasteiger partial charge in [0.15, 0.2) is 0 Å². The molecule has 2 aliphatic heterocycles. The van der Waals surface area contributed by atoms with Gasteiger partial charge in [-0.1, -0.05) is 12.1 Å². The zero-order valence-electron chi connectivity index (χ0n) is 16.0. The summed E-state index contributed by atoms with van der Waals surface area (Å²) in [6.07, 6.45) is 5.70. The van der Waals surface area contributed by atoms with Gasteiger partial charge in [0.25, 0.3) is 11.8 Å². The van der Waals surface area contributed by atoms with Crippen LogP contribution in [0.3, 0.4) is 0 Å². The number of rotatable bonds is 5. The number of carbonyl (C=O) groups excluding carboxylic acids is 2. The summed E-state index contributed by atoms with van der Waals surface area (Å²) >= 11 is 1.74. The second-order valence-electron chi connectivity index (χ2n) is 7.66. The molecule has 0 spiro atoms. The van der Waals surface area contributed by atoms with Crippen molar-refractivity contribution in [1.82, 2.24) is 19.4 Å². The zero-order chi connectivity index (χ0) is 19.8. The predicted octanol–water partition coefficient (Wildman–Crippen LogP) is 3.58. The molecule has 3 aromatic rings. The Hall–Kier alpha value is -2.77. The highest BCUT2D eigenvalue weighted by Crippen LogP contribution is 2.29. The summed E-state index contributed by atoms with van der Waals surface area (Å²) in [6, 6.07) is 9.20. The van der Waals surface area contributed by atoms with Crippen LogP contribution in [-0.2, 0) is 13.2 Å². The van der Waals surface area contributed by atoms with Gasteiger partial charge in [-0.2, -0.15) is 11.3 Å². The summed E-state index contributed by atoms with van der Waals surface area (Å²) in [5.74, 6) is 0.863. The second kappa shape index (κ2) is 7.57. The predicted molar refractivity (Wildman–Crippen MR) is 111 cm³/mol. The molecule has 148 valence electrons. The first-order valence-electron chi connectivity index (χ1n) is 9.90. The van der Waals surface area contributed by atoms with Gasteiger partial charge in [0, 0.05) is 24.9 Å². The molecule has 7 heteroatoms. The Balaban J connectivity index is 1.26. The highest BCUT2D eigenvalue weighted by atomic mass is 32.1. The Morgan fingerprint density at radius 3 is 2.41 bits per heavy atom. The van der Waals surface area contributed by atoms with Crippen LogP contribution in [0.15, 0.2) is 53.5 Å². The number of benzene rings is 1. The van der Waals surface area contributed by atoms with E-state index in [1.54, 1.807) is 41.8 Å². The Morgan fingerprint density at radius 1 is 1.03 bits per heavy atom. The molecule has 0 unspecified atom stereocenters. The van der Waals surface area contributed by atoms with Crippen molar-refractivity contribution in [1.29, 1.82) is 0 Å². The maximum absolute atomic E-state index is 12.7. The van der Waals surface area contributed by atoms with Gasteiger partial charge in [0.1, 0.15) is 12.5 Å². The van der Waals surface area contributed by atoms with Crippen molar-refractivity contribution in [3.8, 4) is 0 Å². The van der Waals surface area contributed by atoms with Gasteiger partial charge >= 0.3 is 0 Å². The number of hydrogen-bond acceptors (Lipinski definition) is 5. The molecule has 1 fully saturated rings. The number of likely N-dealkylation sites (tertiary alicyclic amines) is 1. The van der Waals surface area contributed by atoms with Crippen LogP contribution in [0.2, 0.25) is 0 Å². The topological polar surface area (TPSA) is 58.4 Å². The Labute approximate surface area is 173 Å². The first-order valence-corrected chi connectivity index (χ1v) is 10.8. The molecule has 1 aromatic carbocycles. The molecule has 4 heterocycles. The number of fused-ring (bicyclic) bond motifs is 1. The van der Waals surface area contributed by atoms with Crippen LogP contribution in [0.25, 0.3) is 0 Å². The van der Waals surface area contributed by atoms with Crippen LogP contribution in [0, 0.1) is 0 Å². The SMILES string of the molecule is O=C1c2ccccc2C(=O)N1Cn1ccnc1C1CCN(Cc2ccsc2)CC1. The molecule has 1 saturated heterocycles. The Morgan fingerprint density at radius 2 is 1.76 bits per heavy atom. The third kappa shape index (κ3) is 3.41. The Bertz CT molecular complexity index is 1000. The molecule has 0 bridgehead atoms.